The van der Waals surface area contributed by atoms with E-state index < -0.39 is 16.7 Å². The van der Waals surface area contributed by atoms with Crippen molar-refractivity contribution >= 4 is 28.6 Å². The van der Waals surface area contributed by atoms with Crippen molar-refractivity contribution in [3.63, 3.8) is 0 Å². The molecule has 3 rings (SSSR count). The Balaban J connectivity index is 1.59. The Morgan fingerprint density at radius 3 is 2.60 bits per heavy atom. The van der Waals surface area contributed by atoms with Gasteiger partial charge in [0.2, 0.25) is 11.8 Å². The number of nitro groups is 1. The number of non-ortho nitro benzene ring substituents is 1. The number of amides is 2. The monoisotopic (exact) mass is 418 g/mol. The van der Waals surface area contributed by atoms with Crippen LogP contribution in [0.5, 0.6) is 0 Å². The summed E-state index contributed by atoms with van der Waals surface area (Å²) in [6, 6.07) is 3.41. The molecule has 0 spiro atoms. The number of carbonyl (C=O) groups excluding carboxylic acids is 2. The smallest absolute Gasteiger partial charge is 0.407 e. The summed E-state index contributed by atoms with van der Waals surface area (Å²) in [7, 11) is 0. The first-order valence-electron chi connectivity index (χ1n) is 10.1. The average Bonchev–Trinajstić information content (AvgIpc) is 3.33. The maximum Gasteiger partial charge on any atom is 0.419 e. The number of carbonyl (C=O) groups is 2. The van der Waals surface area contributed by atoms with Crippen molar-refractivity contribution in [3.8, 4) is 0 Å². The molecule has 10 heteroatoms. The second-order valence-electron chi connectivity index (χ2n) is 7.85. The highest BCUT2D eigenvalue weighted by molar-refractivity contribution is 5.88. The highest BCUT2D eigenvalue weighted by Crippen LogP contribution is 2.20. The molecule has 1 aromatic heterocycles. The zero-order valence-electron chi connectivity index (χ0n) is 17.1. The van der Waals surface area contributed by atoms with Gasteiger partial charge in [0.15, 0.2) is 5.58 Å². The number of hydrogen-bond acceptors (Lipinski definition) is 6. The lowest BCUT2D eigenvalue weighted by Gasteiger charge is -2.26. The van der Waals surface area contributed by atoms with Crippen LogP contribution in [0.25, 0.3) is 11.1 Å². The van der Waals surface area contributed by atoms with E-state index in [0.717, 1.165) is 25.9 Å². The van der Waals surface area contributed by atoms with Crippen molar-refractivity contribution in [1.82, 2.24) is 14.8 Å². The van der Waals surface area contributed by atoms with Gasteiger partial charge in [-0.15, -0.1) is 0 Å². The number of aromatic nitrogens is 1. The Bertz CT molecular complexity index is 1000. The van der Waals surface area contributed by atoms with Crippen molar-refractivity contribution < 1.29 is 18.9 Å². The van der Waals surface area contributed by atoms with Gasteiger partial charge >= 0.3 is 5.76 Å². The summed E-state index contributed by atoms with van der Waals surface area (Å²) in [5.41, 5.74) is 0.412. The third kappa shape index (κ3) is 4.69. The standard InChI is InChI=1S/C20H26N4O6/c1-13(2)18(19(26)22-9-3-4-10-22)21-17(25)6-5-11-23-15-8-7-14(24(28)29)12-16(15)30-20(23)27/h7-8,12-13,18H,3-6,9-11H2,1-2H3,(H,21,25)/t18-/m0/s1. The molecular weight excluding hydrogens is 392 g/mol. The number of likely N-dealkylation sites (tertiary alicyclic amines) is 1. The van der Waals surface area contributed by atoms with E-state index in [-0.39, 0.29) is 42.0 Å². The molecule has 10 nitrogen and oxygen atoms in total. The van der Waals surface area contributed by atoms with Gasteiger partial charge in [0.1, 0.15) is 6.04 Å². The van der Waals surface area contributed by atoms with Gasteiger partial charge in [0.25, 0.3) is 5.69 Å². The molecule has 0 radical (unpaired) electrons. The molecular formula is C20H26N4O6. The van der Waals surface area contributed by atoms with E-state index in [0.29, 0.717) is 11.9 Å². The molecule has 1 atom stereocenters. The third-order valence-electron chi connectivity index (χ3n) is 5.32. The molecule has 1 saturated heterocycles. The van der Waals surface area contributed by atoms with E-state index in [1.807, 2.05) is 13.8 Å². The molecule has 2 aromatic rings. The van der Waals surface area contributed by atoms with E-state index in [2.05, 4.69) is 5.32 Å². The molecule has 1 aliphatic rings. The zero-order valence-corrected chi connectivity index (χ0v) is 17.1. The quantitative estimate of drug-likeness (QED) is 0.516. The van der Waals surface area contributed by atoms with Crippen LogP contribution in [0.1, 0.15) is 39.5 Å². The first kappa shape index (κ1) is 21.5. The fourth-order valence-electron chi connectivity index (χ4n) is 3.67. The Morgan fingerprint density at radius 1 is 1.27 bits per heavy atom. The van der Waals surface area contributed by atoms with Crippen LogP contribution in [0, 0.1) is 16.0 Å². The lowest BCUT2D eigenvalue weighted by atomic mass is 10.0. The van der Waals surface area contributed by atoms with Crippen molar-refractivity contribution in [2.75, 3.05) is 13.1 Å². The molecule has 0 bridgehead atoms. The Morgan fingerprint density at radius 2 is 1.97 bits per heavy atom. The zero-order chi connectivity index (χ0) is 21.8. The number of hydrogen-bond donors (Lipinski definition) is 1. The molecule has 1 aromatic carbocycles. The van der Waals surface area contributed by atoms with Crippen LogP contribution < -0.4 is 11.1 Å². The van der Waals surface area contributed by atoms with Gasteiger partial charge < -0.3 is 14.6 Å². The topological polar surface area (TPSA) is 128 Å². The van der Waals surface area contributed by atoms with Crippen LogP contribution in [-0.4, -0.2) is 45.3 Å². The van der Waals surface area contributed by atoms with E-state index in [1.165, 1.54) is 22.8 Å². The van der Waals surface area contributed by atoms with Gasteiger partial charge in [-0.25, -0.2) is 4.79 Å². The summed E-state index contributed by atoms with van der Waals surface area (Å²) in [6.45, 7) is 5.48. The first-order chi connectivity index (χ1) is 14.3. The van der Waals surface area contributed by atoms with Crippen molar-refractivity contribution in [1.29, 1.82) is 0 Å². The van der Waals surface area contributed by atoms with Crippen LogP contribution in [0.4, 0.5) is 5.69 Å². The molecule has 0 aliphatic carbocycles. The predicted molar refractivity (Wildman–Crippen MR) is 109 cm³/mol. The third-order valence-corrected chi connectivity index (χ3v) is 5.32. The van der Waals surface area contributed by atoms with Gasteiger partial charge in [-0.05, 0) is 31.2 Å². The fourth-order valence-corrected chi connectivity index (χ4v) is 3.67. The van der Waals surface area contributed by atoms with Crippen LogP contribution in [0.2, 0.25) is 0 Å². The summed E-state index contributed by atoms with van der Waals surface area (Å²) in [5, 5.41) is 13.7. The molecule has 1 aliphatic heterocycles. The molecule has 30 heavy (non-hydrogen) atoms. The molecule has 1 N–H and O–H groups in total. The SMILES string of the molecule is CC(C)[C@H](NC(=O)CCCn1c(=O)oc2cc([N+](=O)[O-])ccc21)C(=O)N1CCCC1. The molecule has 0 unspecified atom stereocenters. The maximum absolute atomic E-state index is 12.7. The van der Waals surface area contributed by atoms with Crippen LogP contribution >= 0.6 is 0 Å². The fraction of sp³-hybridized carbons (Fsp3) is 0.550. The largest absolute Gasteiger partial charge is 0.419 e. The number of benzene rings is 1. The van der Waals surface area contributed by atoms with Crippen molar-refractivity contribution in [3.05, 3.63) is 38.9 Å². The van der Waals surface area contributed by atoms with Gasteiger partial charge in [-0.2, -0.15) is 0 Å². The molecule has 0 saturated carbocycles. The summed E-state index contributed by atoms with van der Waals surface area (Å²) >= 11 is 0. The van der Waals surface area contributed by atoms with Crippen LogP contribution in [0.15, 0.2) is 27.4 Å². The van der Waals surface area contributed by atoms with E-state index in [4.69, 9.17) is 4.42 Å². The van der Waals surface area contributed by atoms with Gasteiger partial charge in [0, 0.05) is 32.1 Å². The van der Waals surface area contributed by atoms with E-state index >= 15 is 0 Å². The Kier molecular flexibility index (Phi) is 6.53. The van der Waals surface area contributed by atoms with Crippen LogP contribution in [0.3, 0.4) is 0 Å². The number of nitro benzene ring substituents is 1. The van der Waals surface area contributed by atoms with E-state index in [9.17, 15) is 24.5 Å². The predicted octanol–water partition coefficient (Wildman–Crippen LogP) is 2.05. The Labute approximate surface area is 173 Å². The summed E-state index contributed by atoms with van der Waals surface area (Å²) in [5.74, 6) is -0.958. The summed E-state index contributed by atoms with van der Waals surface area (Å²) < 4.78 is 6.43. The van der Waals surface area contributed by atoms with Crippen molar-refractivity contribution in [2.24, 2.45) is 5.92 Å². The number of aryl methyl sites for hydroxylation is 1. The molecule has 2 heterocycles. The minimum Gasteiger partial charge on any atom is -0.407 e. The van der Waals surface area contributed by atoms with Gasteiger partial charge in [0.05, 0.1) is 16.5 Å². The Hall–Kier alpha value is -3.17. The average molecular weight is 418 g/mol. The minimum atomic E-state index is -0.629. The number of nitrogens with zero attached hydrogens (tertiary/aromatic N) is 3. The van der Waals surface area contributed by atoms with Gasteiger partial charge in [-0.3, -0.25) is 24.3 Å². The minimum absolute atomic E-state index is 0.0294. The normalized spacial score (nSPS) is 15.0. The summed E-state index contributed by atoms with van der Waals surface area (Å²) in [4.78, 5) is 49.2. The molecule has 162 valence electrons. The highest BCUT2D eigenvalue weighted by atomic mass is 16.6. The van der Waals surface area contributed by atoms with E-state index in [1.54, 1.807) is 4.90 Å². The number of rotatable bonds is 8. The van der Waals surface area contributed by atoms with Gasteiger partial charge in [-0.1, -0.05) is 13.8 Å². The molecule has 1 fully saturated rings. The number of oxazole rings is 1. The second-order valence-corrected chi connectivity index (χ2v) is 7.85. The lowest BCUT2D eigenvalue weighted by Crippen LogP contribution is -2.50. The van der Waals surface area contributed by atoms with Crippen LogP contribution in [-0.2, 0) is 16.1 Å². The molecule has 2 amide bonds. The number of nitrogens with one attached hydrogen (secondary N) is 1. The summed E-state index contributed by atoms with van der Waals surface area (Å²) in [6.07, 6.45) is 2.48. The van der Waals surface area contributed by atoms with Crippen molar-refractivity contribution in [2.45, 2.75) is 52.1 Å². The highest BCUT2D eigenvalue weighted by Gasteiger charge is 2.29. The maximum atomic E-state index is 12.7. The first-order valence-corrected chi connectivity index (χ1v) is 10.1. The number of fused-ring (bicyclic) bond motifs is 1. The lowest BCUT2D eigenvalue weighted by molar-refractivity contribution is -0.384. The second kappa shape index (κ2) is 9.10.